The third-order valence-corrected chi connectivity index (χ3v) is 17.2. The molecule has 0 saturated heterocycles. The zero-order valence-corrected chi connectivity index (χ0v) is 44.9. The van der Waals surface area contributed by atoms with Gasteiger partial charge < -0.3 is 14.0 Å². The van der Waals surface area contributed by atoms with Gasteiger partial charge in [-0.15, -0.1) is 0 Å². The molecule has 16 rings (SSSR count). The first kappa shape index (κ1) is 46.2. The van der Waals surface area contributed by atoms with Crippen molar-refractivity contribution in [2.45, 2.75) is 26.2 Å². The molecule has 2 aromatic heterocycles. The lowest BCUT2D eigenvalue weighted by Crippen LogP contribution is -2.60. The average Bonchev–Trinajstić information content (AvgIpc) is 4.21. The number of anilines is 3. The normalized spacial score (nSPS) is 12.6. The monoisotopic (exact) mass is 1020 g/mol. The maximum absolute atomic E-state index is 2.65. The van der Waals surface area contributed by atoms with Gasteiger partial charge in [0.15, 0.2) is 0 Å². The smallest absolute Gasteiger partial charge is 0.252 e. The lowest BCUT2D eigenvalue weighted by Gasteiger charge is -2.41. The Balaban J connectivity index is 1.10. The second-order valence-electron chi connectivity index (χ2n) is 22.9. The van der Waals surface area contributed by atoms with Crippen LogP contribution in [0.25, 0.3) is 111 Å². The summed E-state index contributed by atoms with van der Waals surface area (Å²) in [4.78, 5) is 2.65. The van der Waals surface area contributed by atoms with E-state index >= 15 is 0 Å². The average molecular weight is 1020 g/mol. The van der Waals surface area contributed by atoms with E-state index < -0.39 is 0 Å². The SMILES string of the molecule is CC(C)(C)c1ccc2c(c1)c1cc3c(cc1n2-c1ccccc1)B1c2c(cc(-c4ccccc4)cc2-n2c4ccc(-c5ccccc5)cc4c4cc(-c5ccccc5)cc1c42)N3c1ccc(-c2ccccc2)cc1-c1ccccc1. The molecule has 14 aromatic rings. The zero-order chi connectivity index (χ0) is 53.2. The van der Waals surface area contributed by atoms with Crippen molar-refractivity contribution in [1.82, 2.24) is 9.13 Å². The number of hydrogen-bond acceptors (Lipinski definition) is 1. The van der Waals surface area contributed by atoms with Gasteiger partial charge in [-0.25, -0.2) is 0 Å². The third kappa shape index (κ3) is 7.15. The van der Waals surface area contributed by atoms with Gasteiger partial charge in [-0.2, -0.15) is 0 Å². The van der Waals surface area contributed by atoms with E-state index in [0.29, 0.717) is 0 Å². The second-order valence-corrected chi connectivity index (χ2v) is 22.9. The highest BCUT2D eigenvalue weighted by Crippen LogP contribution is 2.49. The first-order chi connectivity index (χ1) is 39.3. The molecule has 12 aromatic carbocycles. The first-order valence-corrected chi connectivity index (χ1v) is 28.0. The number of hydrogen-bond donors (Lipinski definition) is 0. The van der Waals surface area contributed by atoms with E-state index in [2.05, 4.69) is 308 Å². The van der Waals surface area contributed by atoms with Crippen LogP contribution < -0.4 is 21.3 Å². The van der Waals surface area contributed by atoms with Crippen molar-refractivity contribution in [1.29, 1.82) is 0 Å². The molecular weight excluding hydrogens is 966 g/mol. The molecule has 4 heteroatoms. The van der Waals surface area contributed by atoms with Crippen LogP contribution in [-0.2, 0) is 5.41 Å². The molecule has 0 N–H and O–H groups in total. The van der Waals surface area contributed by atoms with Crippen LogP contribution in [0.3, 0.4) is 0 Å². The fraction of sp³-hybridized carbons (Fsp3) is 0.0526. The van der Waals surface area contributed by atoms with Gasteiger partial charge in [0.1, 0.15) is 0 Å². The van der Waals surface area contributed by atoms with Gasteiger partial charge in [-0.1, -0.05) is 215 Å². The minimum absolute atomic E-state index is 0.0541. The van der Waals surface area contributed by atoms with Crippen LogP contribution >= 0.6 is 0 Å². The van der Waals surface area contributed by atoms with E-state index in [1.165, 1.54) is 138 Å². The van der Waals surface area contributed by atoms with Crippen molar-refractivity contribution in [2.24, 2.45) is 0 Å². The molecular formula is C76H54BN3. The van der Waals surface area contributed by atoms with Gasteiger partial charge in [0.25, 0.3) is 6.71 Å². The minimum atomic E-state index is -0.145. The molecule has 0 radical (unpaired) electrons. The van der Waals surface area contributed by atoms with E-state index in [9.17, 15) is 0 Å². The van der Waals surface area contributed by atoms with Gasteiger partial charge in [0, 0.05) is 55.4 Å². The van der Waals surface area contributed by atoms with Crippen LogP contribution in [0.5, 0.6) is 0 Å². The van der Waals surface area contributed by atoms with Crippen molar-refractivity contribution in [2.75, 3.05) is 4.90 Å². The number of benzene rings is 12. The molecule has 0 saturated carbocycles. The van der Waals surface area contributed by atoms with E-state index in [-0.39, 0.29) is 12.1 Å². The fourth-order valence-corrected chi connectivity index (χ4v) is 13.4. The van der Waals surface area contributed by atoms with E-state index in [1.807, 2.05) is 0 Å². The number of fused-ring (bicyclic) bond motifs is 10. The molecule has 376 valence electrons. The predicted molar refractivity (Wildman–Crippen MR) is 340 cm³/mol. The highest BCUT2D eigenvalue weighted by molar-refractivity contribution is 7.00. The van der Waals surface area contributed by atoms with Crippen LogP contribution in [0.2, 0.25) is 0 Å². The van der Waals surface area contributed by atoms with Gasteiger partial charge in [-0.3, -0.25) is 0 Å². The summed E-state index contributed by atoms with van der Waals surface area (Å²) in [6, 6.07) is 102. The predicted octanol–water partition coefficient (Wildman–Crippen LogP) is 18.1. The molecule has 3 nitrogen and oxygen atoms in total. The van der Waals surface area contributed by atoms with Crippen LogP contribution in [0.4, 0.5) is 17.1 Å². The number of rotatable bonds is 7. The maximum Gasteiger partial charge on any atom is 0.252 e. The van der Waals surface area contributed by atoms with Crippen LogP contribution in [0.1, 0.15) is 26.3 Å². The summed E-state index contributed by atoms with van der Waals surface area (Å²) < 4.78 is 5.14. The Morgan fingerprint density at radius 2 is 0.787 bits per heavy atom. The molecule has 2 aliphatic heterocycles. The lowest BCUT2D eigenvalue weighted by molar-refractivity contribution is 0.591. The number of nitrogens with zero attached hydrogens (tertiary/aromatic N) is 3. The minimum Gasteiger partial charge on any atom is -0.311 e. The Hall–Kier alpha value is -9.90. The van der Waals surface area contributed by atoms with Crippen molar-refractivity contribution in [3.05, 3.63) is 279 Å². The van der Waals surface area contributed by atoms with Gasteiger partial charge in [0.05, 0.1) is 22.2 Å². The lowest BCUT2D eigenvalue weighted by atomic mass is 9.33. The standard InChI is InChI=1S/C76H54BN3/c1-76(2,3)58-36-39-68-62(46-58)63-47-71-65(48-70(63)78(68)59-32-20-9-21-33-59)77-66-43-56(51-26-14-6-15-27-51)42-64-61-41-55(50-24-12-5-13-25-50)35-38-69(61)80(75(64)66)73-45-57(52-28-16-7-17-29-52)44-72(74(73)77)79(71)67-37-34-54(49-22-10-4-11-23-49)40-60(67)53-30-18-8-19-31-53/h4-48H,1-3H3. The Morgan fingerprint density at radius 1 is 0.300 bits per heavy atom. The highest BCUT2D eigenvalue weighted by atomic mass is 15.2. The Labute approximate surface area is 467 Å². The van der Waals surface area contributed by atoms with E-state index in [1.54, 1.807) is 0 Å². The molecule has 0 atom stereocenters. The summed E-state index contributed by atoms with van der Waals surface area (Å²) in [5.41, 5.74) is 27.7. The van der Waals surface area contributed by atoms with Crippen molar-refractivity contribution >= 4 is 83.8 Å². The molecule has 4 heterocycles. The molecule has 0 aliphatic carbocycles. The van der Waals surface area contributed by atoms with Crippen molar-refractivity contribution < 1.29 is 0 Å². The molecule has 2 aliphatic rings. The Bertz CT molecular complexity index is 4770. The van der Waals surface area contributed by atoms with Crippen LogP contribution in [0, 0.1) is 0 Å². The summed E-state index contributed by atoms with van der Waals surface area (Å²) in [7, 11) is 0. The Kier molecular flexibility index (Phi) is 10.3. The summed E-state index contributed by atoms with van der Waals surface area (Å²) in [5, 5.41) is 4.97. The highest BCUT2D eigenvalue weighted by Gasteiger charge is 2.44. The van der Waals surface area contributed by atoms with Crippen LogP contribution in [0.15, 0.2) is 273 Å². The molecule has 0 fully saturated rings. The van der Waals surface area contributed by atoms with Crippen molar-refractivity contribution in [3.8, 4) is 67.0 Å². The van der Waals surface area contributed by atoms with Gasteiger partial charge in [-0.05, 0) is 156 Å². The van der Waals surface area contributed by atoms with Crippen LogP contribution in [-0.4, -0.2) is 15.8 Å². The van der Waals surface area contributed by atoms with E-state index in [0.717, 1.165) is 11.4 Å². The summed E-state index contributed by atoms with van der Waals surface area (Å²) in [6.07, 6.45) is 0. The van der Waals surface area contributed by atoms with Gasteiger partial charge >= 0.3 is 0 Å². The molecule has 0 bridgehead atoms. The second kappa shape index (κ2) is 17.8. The molecule has 80 heavy (non-hydrogen) atoms. The summed E-state index contributed by atoms with van der Waals surface area (Å²) in [6.45, 7) is 6.83. The topological polar surface area (TPSA) is 13.1 Å². The number of aromatic nitrogens is 2. The third-order valence-electron chi connectivity index (χ3n) is 17.2. The maximum atomic E-state index is 2.65. The first-order valence-electron chi connectivity index (χ1n) is 28.0. The quantitative estimate of drug-likeness (QED) is 0.145. The fourth-order valence-electron chi connectivity index (χ4n) is 13.4. The molecule has 0 amide bonds. The number of para-hydroxylation sites is 1. The largest absolute Gasteiger partial charge is 0.311 e. The van der Waals surface area contributed by atoms with E-state index in [4.69, 9.17) is 0 Å². The van der Waals surface area contributed by atoms with Gasteiger partial charge in [0.2, 0.25) is 0 Å². The molecule has 0 spiro atoms. The Morgan fingerprint density at radius 3 is 1.41 bits per heavy atom. The molecule has 0 unspecified atom stereocenters. The van der Waals surface area contributed by atoms with Crippen molar-refractivity contribution in [3.63, 3.8) is 0 Å². The summed E-state index contributed by atoms with van der Waals surface area (Å²) >= 11 is 0. The summed E-state index contributed by atoms with van der Waals surface area (Å²) in [5.74, 6) is 0. The zero-order valence-electron chi connectivity index (χ0n) is 44.9.